The van der Waals surface area contributed by atoms with Gasteiger partial charge in [-0.15, -0.1) is 0 Å². The standard InChI is InChI=1S/C17H20Cl3NO4/c1-16(2)11(7-17(18,19)20)12(16)15(24)25-8-21-13(22)9-5-3-4-6-10(9)14(21)23/h11-12H,3-8H2,1-2H3. The Balaban J connectivity index is 1.59. The minimum absolute atomic E-state index is 0.108. The Kier molecular flexibility index (Phi) is 4.89. The smallest absolute Gasteiger partial charge is 0.311 e. The lowest BCUT2D eigenvalue weighted by molar-refractivity contribution is -0.156. The zero-order valence-electron chi connectivity index (χ0n) is 14.1. The highest BCUT2D eigenvalue weighted by Gasteiger charge is 2.64. The third-order valence-corrected chi connectivity index (χ3v) is 6.03. The first-order valence-corrected chi connectivity index (χ1v) is 9.49. The van der Waals surface area contributed by atoms with Crippen molar-refractivity contribution in [2.75, 3.05) is 6.73 Å². The number of carbonyl (C=O) groups excluding carboxylic acids is 3. The van der Waals surface area contributed by atoms with Crippen LogP contribution >= 0.6 is 34.8 Å². The van der Waals surface area contributed by atoms with Gasteiger partial charge in [0.05, 0.1) is 5.92 Å². The Hall–Kier alpha value is -0.780. The molecule has 0 aromatic carbocycles. The minimum Gasteiger partial charge on any atom is -0.443 e. The Bertz CT molecular complexity index is 637. The number of hydrogen-bond donors (Lipinski definition) is 0. The zero-order valence-corrected chi connectivity index (χ0v) is 16.4. The number of esters is 1. The Labute approximate surface area is 161 Å². The van der Waals surface area contributed by atoms with Crippen LogP contribution in [0, 0.1) is 17.3 Å². The van der Waals surface area contributed by atoms with Gasteiger partial charge in [0.1, 0.15) is 0 Å². The maximum absolute atomic E-state index is 12.4. The molecular weight excluding hydrogens is 389 g/mol. The Morgan fingerprint density at radius 2 is 1.68 bits per heavy atom. The summed E-state index contributed by atoms with van der Waals surface area (Å²) in [6.07, 6.45) is 3.29. The number of ether oxygens (including phenoxy) is 1. The fourth-order valence-electron chi connectivity index (χ4n) is 3.97. The van der Waals surface area contributed by atoms with Crippen molar-refractivity contribution in [3.8, 4) is 0 Å². The highest BCUT2D eigenvalue weighted by atomic mass is 35.6. The highest BCUT2D eigenvalue weighted by Crippen LogP contribution is 2.63. The van der Waals surface area contributed by atoms with E-state index < -0.39 is 15.7 Å². The van der Waals surface area contributed by atoms with E-state index in [1.165, 1.54) is 0 Å². The monoisotopic (exact) mass is 407 g/mol. The molecule has 0 bridgehead atoms. The fourth-order valence-corrected chi connectivity index (χ4v) is 4.47. The second-order valence-corrected chi connectivity index (χ2v) is 10.0. The third kappa shape index (κ3) is 3.56. The molecule has 25 heavy (non-hydrogen) atoms. The van der Waals surface area contributed by atoms with E-state index in [-0.39, 0.29) is 36.3 Å². The van der Waals surface area contributed by atoms with Gasteiger partial charge in [0, 0.05) is 11.1 Å². The molecule has 3 rings (SSSR count). The van der Waals surface area contributed by atoms with E-state index in [4.69, 9.17) is 39.5 Å². The summed E-state index contributed by atoms with van der Waals surface area (Å²) in [5.74, 6) is -1.64. The van der Waals surface area contributed by atoms with Crippen LogP contribution in [0.3, 0.4) is 0 Å². The zero-order chi connectivity index (χ0) is 18.6. The van der Waals surface area contributed by atoms with Gasteiger partial charge in [0.25, 0.3) is 11.8 Å². The van der Waals surface area contributed by atoms with Gasteiger partial charge in [-0.3, -0.25) is 14.4 Å². The number of halogens is 3. The molecule has 0 N–H and O–H groups in total. The first-order valence-electron chi connectivity index (χ1n) is 8.35. The third-order valence-electron chi connectivity index (χ3n) is 5.57. The predicted octanol–water partition coefficient (Wildman–Crippen LogP) is 3.76. The lowest BCUT2D eigenvalue weighted by Crippen LogP contribution is -2.35. The van der Waals surface area contributed by atoms with Gasteiger partial charge in [0.15, 0.2) is 10.5 Å². The molecule has 8 heteroatoms. The lowest BCUT2D eigenvalue weighted by atomic mass is 9.93. The first kappa shape index (κ1) is 19.0. The van der Waals surface area contributed by atoms with Crippen LogP contribution in [-0.2, 0) is 19.1 Å². The van der Waals surface area contributed by atoms with Gasteiger partial charge in [-0.2, -0.15) is 0 Å². The normalized spacial score (nSPS) is 28.3. The van der Waals surface area contributed by atoms with Crippen molar-refractivity contribution >= 4 is 52.6 Å². The van der Waals surface area contributed by atoms with Gasteiger partial charge in [-0.25, -0.2) is 4.90 Å². The molecule has 0 radical (unpaired) electrons. The largest absolute Gasteiger partial charge is 0.443 e. The molecule has 2 amide bonds. The predicted molar refractivity (Wildman–Crippen MR) is 94.0 cm³/mol. The number of imide groups is 1. The number of nitrogens with zero attached hydrogens (tertiary/aromatic N) is 1. The average Bonchev–Trinajstić information content (AvgIpc) is 2.94. The molecule has 138 valence electrons. The number of hydrogen-bond acceptors (Lipinski definition) is 4. The lowest BCUT2D eigenvalue weighted by Gasteiger charge is -2.15. The van der Waals surface area contributed by atoms with Crippen molar-refractivity contribution in [2.24, 2.45) is 17.3 Å². The number of amides is 2. The maximum Gasteiger partial charge on any atom is 0.311 e. The van der Waals surface area contributed by atoms with Crippen LogP contribution in [0.2, 0.25) is 0 Å². The molecule has 2 unspecified atom stereocenters. The van der Waals surface area contributed by atoms with Crippen LogP contribution < -0.4 is 0 Å². The summed E-state index contributed by atoms with van der Waals surface area (Å²) in [4.78, 5) is 38.1. The molecular formula is C17H20Cl3NO4. The quantitative estimate of drug-likeness (QED) is 0.404. The van der Waals surface area contributed by atoms with Crippen molar-refractivity contribution in [3.63, 3.8) is 0 Å². The molecule has 3 aliphatic rings. The summed E-state index contributed by atoms with van der Waals surface area (Å²) in [5, 5.41) is 0. The highest BCUT2D eigenvalue weighted by molar-refractivity contribution is 6.67. The summed E-state index contributed by atoms with van der Waals surface area (Å²) in [7, 11) is 0. The van der Waals surface area contributed by atoms with Crippen molar-refractivity contribution in [1.82, 2.24) is 4.90 Å². The maximum atomic E-state index is 12.4. The van der Waals surface area contributed by atoms with Crippen LogP contribution in [0.5, 0.6) is 0 Å². The molecule has 1 heterocycles. The molecule has 0 aromatic heterocycles. The SMILES string of the molecule is CC1(C)C(CC(Cl)(Cl)Cl)C1C(=O)OCN1C(=O)C2=C(CCCC2)C1=O. The number of rotatable bonds is 4. The molecule has 1 fully saturated rings. The summed E-state index contributed by atoms with van der Waals surface area (Å²) >= 11 is 17.5. The van der Waals surface area contributed by atoms with Crippen LogP contribution in [0.4, 0.5) is 0 Å². The second-order valence-electron chi connectivity index (χ2n) is 7.52. The molecule has 1 aliphatic heterocycles. The van der Waals surface area contributed by atoms with Crippen LogP contribution in [0.25, 0.3) is 0 Å². The van der Waals surface area contributed by atoms with Crippen LogP contribution in [-0.4, -0.2) is 33.2 Å². The second kappa shape index (κ2) is 6.43. The van der Waals surface area contributed by atoms with Gasteiger partial charge in [-0.1, -0.05) is 48.7 Å². The summed E-state index contributed by atoms with van der Waals surface area (Å²) in [5.41, 5.74) is 0.818. The van der Waals surface area contributed by atoms with Crippen molar-refractivity contribution in [3.05, 3.63) is 11.1 Å². The summed E-state index contributed by atoms with van der Waals surface area (Å²) in [6, 6.07) is 0. The van der Waals surface area contributed by atoms with Crippen molar-refractivity contribution in [2.45, 2.75) is 49.7 Å². The van der Waals surface area contributed by atoms with E-state index in [1.807, 2.05) is 13.8 Å². The number of carbonyl (C=O) groups is 3. The van der Waals surface area contributed by atoms with Gasteiger partial charge in [0.2, 0.25) is 0 Å². The van der Waals surface area contributed by atoms with E-state index in [0.717, 1.165) is 17.7 Å². The van der Waals surface area contributed by atoms with Crippen molar-refractivity contribution in [1.29, 1.82) is 0 Å². The van der Waals surface area contributed by atoms with Crippen molar-refractivity contribution < 1.29 is 19.1 Å². The van der Waals surface area contributed by atoms with E-state index >= 15 is 0 Å². The van der Waals surface area contributed by atoms with E-state index in [0.29, 0.717) is 24.0 Å². The molecule has 1 saturated carbocycles. The van der Waals surface area contributed by atoms with E-state index in [9.17, 15) is 14.4 Å². The topological polar surface area (TPSA) is 63.7 Å². The Morgan fingerprint density at radius 3 is 2.16 bits per heavy atom. The minimum atomic E-state index is -1.43. The first-order chi connectivity index (χ1) is 11.5. The number of alkyl halides is 3. The van der Waals surface area contributed by atoms with Gasteiger partial charge < -0.3 is 4.74 Å². The molecule has 2 aliphatic carbocycles. The summed E-state index contributed by atoms with van der Waals surface area (Å²) < 4.78 is 3.84. The van der Waals surface area contributed by atoms with E-state index in [2.05, 4.69) is 0 Å². The van der Waals surface area contributed by atoms with Gasteiger partial charge in [-0.05, 0) is 43.4 Å². The van der Waals surface area contributed by atoms with E-state index in [1.54, 1.807) is 0 Å². The van der Waals surface area contributed by atoms with Crippen LogP contribution in [0.1, 0.15) is 46.0 Å². The van der Waals surface area contributed by atoms with Gasteiger partial charge >= 0.3 is 5.97 Å². The molecule has 5 nitrogen and oxygen atoms in total. The Morgan fingerprint density at radius 1 is 1.16 bits per heavy atom. The van der Waals surface area contributed by atoms with Crippen LogP contribution in [0.15, 0.2) is 11.1 Å². The molecule has 0 saturated heterocycles. The average molecular weight is 409 g/mol. The fraction of sp³-hybridized carbons (Fsp3) is 0.706. The summed E-state index contributed by atoms with van der Waals surface area (Å²) in [6.45, 7) is 3.47. The molecule has 0 aromatic rings. The molecule has 0 spiro atoms. The molecule has 2 atom stereocenters.